The van der Waals surface area contributed by atoms with Crippen LogP contribution in [0.25, 0.3) is 0 Å². The number of hydrogen-bond acceptors (Lipinski definition) is 4. The highest BCUT2D eigenvalue weighted by Gasteiger charge is 2.35. The standard InChI is InChI=1S/C17H32N6O2/c1-17(2,15(18)25)23-11-9-22(10-12-23)16(19-3)20-13-14(24)21-7-5-4-6-8-21/h4-13H2,1-3H3,(H2,18,25)(H,19,20). The van der Waals surface area contributed by atoms with Gasteiger partial charge in [0.15, 0.2) is 5.96 Å². The van der Waals surface area contributed by atoms with Gasteiger partial charge in [0.25, 0.3) is 0 Å². The zero-order chi connectivity index (χ0) is 18.4. The van der Waals surface area contributed by atoms with Crippen molar-refractivity contribution in [2.75, 3.05) is 52.9 Å². The minimum atomic E-state index is -0.646. The van der Waals surface area contributed by atoms with Gasteiger partial charge >= 0.3 is 0 Å². The highest BCUT2D eigenvalue weighted by atomic mass is 16.2. The third-order valence-electron chi connectivity index (χ3n) is 5.29. The lowest BCUT2D eigenvalue weighted by molar-refractivity contribution is -0.131. The van der Waals surface area contributed by atoms with Crippen LogP contribution < -0.4 is 11.1 Å². The van der Waals surface area contributed by atoms with Crippen molar-refractivity contribution in [2.24, 2.45) is 10.7 Å². The molecule has 2 saturated heterocycles. The van der Waals surface area contributed by atoms with Crippen LogP contribution in [0.5, 0.6) is 0 Å². The molecule has 0 aliphatic carbocycles. The van der Waals surface area contributed by atoms with Gasteiger partial charge in [-0.05, 0) is 33.1 Å². The normalized spacial score (nSPS) is 20.5. The third kappa shape index (κ3) is 4.84. The summed E-state index contributed by atoms with van der Waals surface area (Å²) in [6, 6.07) is 0. The van der Waals surface area contributed by atoms with E-state index in [9.17, 15) is 9.59 Å². The zero-order valence-electron chi connectivity index (χ0n) is 15.8. The molecule has 2 aliphatic heterocycles. The molecule has 8 heteroatoms. The highest BCUT2D eigenvalue weighted by molar-refractivity contribution is 5.87. The van der Waals surface area contributed by atoms with Crippen LogP contribution >= 0.6 is 0 Å². The molecule has 0 atom stereocenters. The number of nitrogens with one attached hydrogen (secondary N) is 1. The second-order valence-electron chi connectivity index (χ2n) is 7.24. The topological polar surface area (TPSA) is 94.3 Å². The summed E-state index contributed by atoms with van der Waals surface area (Å²) in [5, 5.41) is 3.19. The third-order valence-corrected chi connectivity index (χ3v) is 5.29. The minimum absolute atomic E-state index is 0.134. The fourth-order valence-corrected chi connectivity index (χ4v) is 3.38. The molecular formula is C17H32N6O2. The van der Waals surface area contributed by atoms with Crippen LogP contribution in [0.15, 0.2) is 4.99 Å². The van der Waals surface area contributed by atoms with Crippen molar-refractivity contribution in [2.45, 2.75) is 38.6 Å². The fraction of sp³-hybridized carbons (Fsp3) is 0.824. The molecular weight excluding hydrogens is 320 g/mol. The summed E-state index contributed by atoms with van der Waals surface area (Å²) in [4.78, 5) is 34.3. The van der Waals surface area contributed by atoms with Gasteiger partial charge in [-0.2, -0.15) is 0 Å². The molecule has 2 fully saturated rings. The Morgan fingerprint density at radius 3 is 2.12 bits per heavy atom. The number of piperazine rings is 1. The number of hydrogen-bond donors (Lipinski definition) is 2. The van der Waals surface area contributed by atoms with Gasteiger partial charge in [-0.15, -0.1) is 0 Å². The Morgan fingerprint density at radius 1 is 1.00 bits per heavy atom. The van der Waals surface area contributed by atoms with Crippen molar-refractivity contribution < 1.29 is 9.59 Å². The van der Waals surface area contributed by atoms with E-state index in [2.05, 4.69) is 20.1 Å². The number of guanidine groups is 1. The first kappa shape index (κ1) is 19.5. The Hall–Kier alpha value is -1.83. The predicted molar refractivity (Wildman–Crippen MR) is 98.2 cm³/mol. The Bertz CT molecular complexity index is 505. The molecule has 0 unspecified atom stereocenters. The first-order valence-electron chi connectivity index (χ1n) is 9.14. The Balaban J connectivity index is 1.82. The van der Waals surface area contributed by atoms with E-state index in [0.29, 0.717) is 0 Å². The van der Waals surface area contributed by atoms with Crippen LogP contribution in [-0.4, -0.2) is 90.9 Å². The number of rotatable bonds is 4. The largest absolute Gasteiger partial charge is 0.368 e. The molecule has 142 valence electrons. The molecule has 0 aromatic heterocycles. The molecule has 2 aliphatic rings. The van der Waals surface area contributed by atoms with Crippen molar-refractivity contribution in [1.82, 2.24) is 20.0 Å². The first-order chi connectivity index (χ1) is 11.9. The number of amides is 2. The molecule has 2 heterocycles. The van der Waals surface area contributed by atoms with E-state index < -0.39 is 5.54 Å². The summed E-state index contributed by atoms with van der Waals surface area (Å²) >= 11 is 0. The van der Waals surface area contributed by atoms with Gasteiger partial charge in [0.1, 0.15) is 0 Å². The van der Waals surface area contributed by atoms with Gasteiger partial charge in [-0.25, -0.2) is 0 Å². The van der Waals surface area contributed by atoms with Crippen molar-refractivity contribution in [3.8, 4) is 0 Å². The number of carbonyl (C=O) groups excluding carboxylic acids is 2. The highest BCUT2D eigenvalue weighted by Crippen LogP contribution is 2.16. The smallest absolute Gasteiger partial charge is 0.241 e. The maximum Gasteiger partial charge on any atom is 0.241 e. The molecule has 2 amide bonds. The van der Waals surface area contributed by atoms with E-state index in [1.807, 2.05) is 18.7 Å². The summed E-state index contributed by atoms with van der Waals surface area (Å²) < 4.78 is 0. The molecule has 0 bridgehead atoms. The van der Waals surface area contributed by atoms with E-state index in [0.717, 1.165) is 58.1 Å². The lowest BCUT2D eigenvalue weighted by atomic mass is 10.0. The van der Waals surface area contributed by atoms with Crippen molar-refractivity contribution in [3.05, 3.63) is 0 Å². The molecule has 0 aromatic carbocycles. The monoisotopic (exact) mass is 352 g/mol. The summed E-state index contributed by atoms with van der Waals surface area (Å²) in [5.74, 6) is 0.562. The minimum Gasteiger partial charge on any atom is -0.368 e. The Labute approximate surface area is 150 Å². The number of carbonyl (C=O) groups is 2. The van der Waals surface area contributed by atoms with E-state index >= 15 is 0 Å². The quantitative estimate of drug-likeness (QED) is 0.523. The van der Waals surface area contributed by atoms with Gasteiger partial charge in [0.2, 0.25) is 11.8 Å². The van der Waals surface area contributed by atoms with Gasteiger partial charge in [0, 0.05) is 46.3 Å². The van der Waals surface area contributed by atoms with Crippen LogP contribution in [0.4, 0.5) is 0 Å². The van der Waals surface area contributed by atoms with Crippen LogP contribution in [-0.2, 0) is 9.59 Å². The maximum absolute atomic E-state index is 12.3. The van der Waals surface area contributed by atoms with Crippen molar-refractivity contribution in [1.29, 1.82) is 0 Å². The van der Waals surface area contributed by atoms with E-state index in [1.165, 1.54) is 6.42 Å². The van der Waals surface area contributed by atoms with Crippen molar-refractivity contribution >= 4 is 17.8 Å². The molecule has 0 aromatic rings. The second-order valence-corrected chi connectivity index (χ2v) is 7.24. The van der Waals surface area contributed by atoms with Crippen LogP contribution in [0.2, 0.25) is 0 Å². The SMILES string of the molecule is CN=C(NCC(=O)N1CCCCC1)N1CCN(C(C)(C)C(N)=O)CC1. The summed E-state index contributed by atoms with van der Waals surface area (Å²) in [6.07, 6.45) is 3.40. The predicted octanol–water partition coefficient (Wildman–Crippen LogP) is -0.544. The van der Waals surface area contributed by atoms with Gasteiger partial charge in [-0.1, -0.05) is 0 Å². The summed E-state index contributed by atoms with van der Waals surface area (Å²) in [5.41, 5.74) is 4.86. The molecule has 0 spiro atoms. The number of piperidine rings is 1. The molecule has 2 rings (SSSR count). The molecule has 0 radical (unpaired) electrons. The molecule has 8 nitrogen and oxygen atoms in total. The van der Waals surface area contributed by atoms with E-state index in [4.69, 9.17) is 5.73 Å². The average molecular weight is 352 g/mol. The van der Waals surface area contributed by atoms with E-state index in [-0.39, 0.29) is 18.4 Å². The summed E-state index contributed by atoms with van der Waals surface area (Å²) in [6.45, 7) is 8.67. The Kier molecular flexibility index (Phi) is 6.64. The number of likely N-dealkylation sites (tertiary alicyclic amines) is 1. The van der Waals surface area contributed by atoms with Gasteiger partial charge in [0.05, 0.1) is 12.1 Å². The average Bonchev–Trinajstić information content (AvgIpc) is 2.63. The van der Waals surface area contributed by atoms with Crippen LogP contribution in [0.3, 0.4) is 0 Å². The number of nitrogens with two attached hydrogens (primary N) is 1. The van der Waals surface area contributed by atoms with Crippen molar-refractivity contribution in [3.63, 3.8) is 0 Å². The first-order valence-corrected chi connectivity index (χ1v) is 9.14. The van der Waals surface area contributed by atoms with Gasteiger partial charge < -0.3 is 20.9 Å². The van der Waals surface area contributed by atoms with E-state index in [1.54, 1.807) is 7.05 Å². The lowest BCUT2D eigenvalue weighted by Crippen LogP contribution is -2.61. The number of primary amides is 1. The number of nitrogens with zero attached hydrogens (tertiary/aromatic N) is 4. The van der Waals surface area contributed by atoms with Crippen LogP contribution in [0, 0.1) is 0 Å². The number of aliphatic imine (C=N–C) groups is 1. The molecule has 25 heavy (non-hydrogen) atoms. The van der Waals surface area contributed by atoms with Crippen LogP contribution in [0.1, 0.15) is 33.1 Å². The second kappa shape index (κ2) is 8.51. The zero-order valence-corrected chi connectivity index (χ0v) is 15.8. The fourth-order valence-electron chi connectivity index (χ4n) is 3.38. The lowest BCUT2D eigenvalue weighted by Gasteiger charge is -2.43. The maximum atomic E-state index is 12.3. The summed E-state index contributed by atoms with van der Waals surface area (Å²) in [7, 11) is 1.73. The Morgan fingerprint density at radius 2 is 1.60 bits per heavy atom. The molecule has 0 saturated carbocycles. The molecule has 3 N–H and O–H groups in total. The van der Waals surface area contributed by atoms with Gasteiger partial charge in [-0.3, -0.25) is 19.5 Å².